The molecule has 0 radical (unpaired) electrons. The maximum atomic E-state index is 12.1. The summed E-state index contributed by atoms with van der Waals surface area (Å²) in [4.78, 5) is 16.2. The first-order chi connectivity index (χ1) is 8.97. The zero-order chi connectivity index (χ0) is 14.0. The molecule has 3 N–H and O–H groups in total. The van der Waals surface area contributed by atoms with Gasteiger partial charge in [0, 0.05) is 9.13 Å². The number of carbonyl (C=O) groups is 1. The zero-order valence-corrected chi connectivity index (χ0v) is 13.0. The standard InChI is InChI=1S/C13H11ClIN3O/c1-7-4-9(16)6-17-12(7)18-13(19)8-2-3-11(15)10(14)5-8/h2-6H,16H2,1H3,(H,17,18,19). The summed E-state index contributed by atoms with van der Waals surface area (Å²) in [5.41, 5.74) is 7.47. The number of nitrogen functional groups attached to an aromatic ring is 1. The van der Waals surface area contributed by atoms with Crippen LogP contribution < -0.4 is 11.1 Å². The number of benzene rings is 1. The summed E-state index contributed by atoms with van der Waals surface area (Å²) in [6.45, 7) is 1.83. The lowest BCUT2D eigenvalue weighted by Gasteiger charge is -2.08. The molecular formula is C13H11ClIN3O. The maximum absolute atomic E-state index is 12.1. The second kappa shape index (κ2) is 5.75. The molecule has 6 heteroatoms. The number of aromatic nitrogens is 1. The van der Waals surface area contributed by atoms with Crippen molar-refractivity contribution in [3.8, 4) is 0 Å². The van der Waals surface area contributed by atoms with Gasteiger partial charge < -0.3 is 11.1 Å². The Bertz CT molecular complexity index is 646. The molecule has 4 nitrogen and oxygen atoms in total. The van der Waals surface area contributed by atoms with Gasteiger partial charge in [0.05, 0.1) is 16.9 Å². The summed E-state index contributed by atoms with van der Waals surface area (Å²) in [6.07, 6.45) is 1.50. The van der Waals surface area contributed by atoms with Crippen molar-refractivity contribution < 1.29 is 4.79 Å². The van der Waals surface area contributed by atoms with Gasteiger partial charge in [0.25, 0.3) is 5.91 Å². The average Bonchev–Trinajstić information content (AvgIpc) is 2.36. The number of halogens is 2. The molecule has 0 saturated heterocycles. The number of hydrogen-bond donors (Lipinski definition) is 2. The number of pyridine rings is 1. The highest BCUT2D eigenvalue weighted by Gasteiger charge is 2.10. The Morgan fingerprint density at radius 3 is 2.79 bits per heavy atom. The third-order valence-corrected chi connectivity index (χ3v) is 4.09. The Hall–Kier alpha value is -1.34. The Morgan fingerprint density at radius 1 is 1.42 bits per heavy atom. The number of nitrogens with two attached hydrogens (primary N) is 1. The van der Waals surface area contributed by atoms with E-state index in [9.17, 15) is 4.79 Å². The van der Waals surface area contributed by atoms with Crippen molar-refractivity contribution in [3.05, 3.63) is 50.2 Å². The third kappa shape index (κ3) is 3.36. The highest BCUT2D eigenvalue weighted by molar-refractivity contribution is 14.1. The largest absolute Gasteiger partial charge is 0.397 e. The second-order valence-electron chi connectivity index (χ2n) is 4.02. The summed E-state index contributed by atoms with van der Waals surface area (Å²) in [5.74, 6) is 0.243. The Balaban J connectivity index is 2.23. The SMILES string of the molecule is Cc1cc(N)cnc1NC(=O)c1ccc(I)c(Cl)c1. The molecule has 0 spiro atoms. The number of rotatable bonds is 2. The molecule has 0 fully saturated rings. The number of anilines is 2. The van der Waals surface area contributed by atoms with Crippen molar-refractivity contribution >= 4 is 51.6 Å². The highest BCUT2D eigenvalue weighted by Crippen LogP contribution is 2.21. The average molecular weight is 388 g/mol. The topological polar surface area (TPSA) is 68.0 Å². The van der Waals surface area contributed by atoms with Crippen LogP contribution in [0.3, 0.4) is 0 Å². The molecule has 0 unspecified atom stereocenters. The van der Waals surface area contributed by atoms with E-state index in [1.165, 1.54) is 6.20 Å². The molecule has 0 bridgehead atoms. The summed E-state index contributed by atoms with van der Waals surface area (Å²) in [5, 5.41) is 3.28. The quantitative estimate of drug-likeness (QED) is 0.775. The maximum Gasteiger partial charge on any atom is 0.256 e. The monoisotopic (exact) mass is 387 g/mol. The van der Waals surface area contributed by atoms with Gasteiger partial charge >= 0.3 is 0 Å². The van der Waals surface area contributed by atoms with Gasteiger partial charge in [-0.05, 0) is 59.3 Å². The van der Waals surface area contributed by atoms with Gasteiger partial charge in [-0.2, -0.15) is 0 Å². The van der Waals surface area contributed by atoms with Crippen molar-refractivity contribution in [1.29, 1.82) is 0 Å². The second-order valence-corrected chi connectivity index (χ2v) is 5.59. The third-order valence-electron chi connectivity index (χ3n) is 2.51. The van der Waals surface area contributed by atoms with E-state index in [1.807, 2.05) is 6.92 Å². The minimum absolute atomic E-state index is 0.251. The van der Waals surface area contributed by atoms with Crippen LogP contribution in [0.25, 0.3) is 0 Å². The smallest absolute Gasteiger partial charge is 0.256 e. The predicted octanol–water partition coefficient (Wildman–Crippen LogP) is 3.48. The predicted molar refractivity (Wildman–Crippen MR) is 85.5 cm³/mol. The van der Waals surface area contributed by atoms with E-state index in [0.717, 1.165) is 9.13 Å². The van der Waals surface area contributed by atoms with E-state index in [1.54, 1.807) is 24.3 Å². The van der Waals surface area contributed by atoms with Gasteiger partial charge in [-0.15, -0.1) is 0 Å². The van der Waals surface area contributed by atoms with Crippen LogP contribution in [0, 0.1) is 10.5 Å². The Labute approximate surface area is 129 Å². The lowest BCUT2D eigenvalue weighted by molar-refractivity contribution is 0.102. The van der Waals surface area contributed by atoms with Crippen LogP contribution >= 0.6 is 34.2 Å². The minimum atomic E-state index is -0.251. The molecule has 0 saturated carbocycles. The molecule has 19 heavy (non-hydrogen) atoms. The number of nitrogens with zero attached hydrogens (tertiary/aromatic N) is 1. The first-order valence-electron chi connectivity index (χ1n) is 5.46. The van der Waals surface area contributed by atoms with Gasteiger partial charge in [0.2, 0.25) is 0 Å². The van der Waals surface area contributed by atoms with E-state index in [4.69, 9.17) is 17.3 Å². The fourth-order valence-electron chi connectivity index (χ4n) is 1.54. The first kappa shape index (κ1) is 14.1. The molecule has 0 atom stereocenters. The molecule has 2 rings (SSSR count). The van der Waals surface area contributed by atoms with Gasteiger partial charge in [-0.25, -0.2) is 4.98 Å². The van der Waals surface area contributed by atoms with E-state index in [-0.39, 0.29) is 5.91 Å². The summed E-state index contributed by atoms with van der Waals surface area (Å²) in [7, 11) is 0. The molecule has 1 heterocycles. The van der Waals surface area contributed by atoms with Gasteiger partial charge in [-0.3, -0.25) is 4.79 Å². The van der Waals surface area contributed by atoms with E-state index in [2.05, 4.69) is 32.9 Å². The fraction of sp³-hybridized carbons (Fsp3) is 0.0769. The zero-order valence-electron chi connectivity index (χ0n) is 10.1. The lowest BCUT2D eigenvalue weighted by atomic mass is 10.2. The Morgan fingerprint density at radius 2 is 2.16 bits per heavy atom. The molecule has 1 aromatic carbocycles. The van der Waals surface area contributed by atoms with Crippen LogP contribution in [0.15, 0.2) is 30.5 Å². The van der Waals surface area contributed by atoms with Crippen molar-refractivity contribution in [3.63, 3.8) is 0 Å². The number of amides is 1. The summed E-state index contributed by atoms with van der Waals surface area (Å²) < 4.78 is 0.901. The molecule has 1 aromatic heterocycles. The van der Waals surface area contributed by atoms with Crippen LogP contribution in [-0.2, 0) is 0 Å². The molecule has 0 aliphatic carbocycles. The summed E-state index contributed by atoms with van der Waals surface area (Å²) >= 11 is 8.10. The molecule has 1 amide bonds. The molecular weight excluding hydrogens is 377 g/mol. The molecule has 98 valence electrons. The van der Waals surface area contributed by atoms with E-state index in [0.29, 0.717) is 22.1 Å². The van der Waals surface area contributed by atoms with Crippen molar-refractivity contribution in [1.82, 2.24) is 4.98 Å². The van der Waals surface area contributed by atoms with Crippen molar-refractivity contribution in [2.45, 2.75) is 6.92 Å². The lowest BCUT2D eigenvalue weighted by Crippen LogP contribution is -2.14. The molecule has 0 aliphatic heterocycles. The Kier molecular flexibility index (Phi) is 4.26. The van der Waals surface area contributed by atoms with Gasteiger partial charge in [0.15, 0.2) is 0 Å². The van der Waals surface area contributed by atoms with Crippen LogP contribution in [0.5, 0.6) is 0 Å². The van der Waals surface area contributed by atoms with Crippen LogP contribution in [0.2, 0.25) is 5.02 Å². The van der Waals surface area contributed by atoms with E-state index >= 15 is 0 Å². The summed E-state index contributed by atoms with van der Waals surface area (Å²) in [6, 6.07) is 6.89. The highest BCUT2D eigenvalue weighted by atomic mass is 127. The fourth-order valence-corrected chi connectivity index (χ4v) is 2.06. The van der Waals surface area contributed by atoms with Gasteiger partial charge in [-0.1, -0.05) is 11.6 Å². The van der Waals surface area contributed by atoms with Crippen molar-refractivity contribution in [2.75, 3.05) is 11.1 Å². The van der Waals surface area contributed by atoms with Gasteiger partial charge in [0.1, 0.15) is 5.82 Å². The first-order valence-corrected chi connectivity index (χ1v) is 6.91. The number of nitrogens with one attached hydrogen (secondary N) is 1. The van der Waals surface area contributed by atoms with Crippen LogP contribution in [0.1, 0.15) is 15.9 Å². The molecule has 2 aromatic rings. The van der Waals surface area contributed by atoms with Crippen LogP contribution in [-0.4, -0.2) is 10.9 Å². The number of carbonyl (C=O) groups excluding carboxylic acids is 1. The normalized spacial score (nSPS) is 10.3. The van der Waals surface area contributed by atoms with Crippen LogP contribution in [0.4, 0.5) is 11.5 Å². The van der Waals surface area contributed by atoms with E-state index < -0.39 is 0 Å². The number of hydrogen-bond acceptors (Lipinski definition) is 3. The number of aryl methyl sites for hydroxylation is 1. The minimum Gasteiger partial charge on any atom is -0.397 e. The molecule has 0 aliphatic rings. The van der Waals surface area contributed by atoms with Crippen molar-refractivity contribution in [2.24, 2.45) is 0 Å².